The van der Waals surface area contributed by atoms with Crippen molar-refractivity contribution in [2.75, 3.05) is 7.05 Å². The summed E-state index contributed by atoms with van der Waals surface area (Å²) in [7, 11) is 1.79. The van der Waals surface area contributed by atoms with Crippen LogP contribution in [0.25, 0.3) is 0 Å². The van der Waals surface area contributed by atoms with Crippen molar-refractivity contribution in [1.29, 1.82) is 0 Å². The lowest BCUT2D eigenvalue weighted by atomic mass is 10.2. The van der Waals surface area contributed by atoms with E-state index in [9.17, 15) is 0 Å². The molecule has 0 aromatic carbocycles. The van der Waals surface area contributed by atoms with Gasteiger partial charge in [0.2, 0.25) is 0 Å². The van der Waals surface area contributed by atoms with Gasteiger partial charge in [-0.1, -0.05) is 0 Å². The Labute approximate surface area is 48.7 Å². The van der Waals surface area contributed by atoms with Crippen LogP contribution in [0.5, 0.6) is 0 Å². The van der Waals surface area contributed by atoms with Gasteiger partial charge < -0.3 is 0 Å². The minimum Gasteiger partial charge on any atom is -0.293 e. The summed E-state index contributed by atoms with van der Waals surface area (Å²) in [5.41, 5.74) is 1.10. The minimum absolute atomic E-state index is 0.882. The molecule has 1 rings (SSSR count). The van der Waals surface area contributed by atoms with Crippen LogP contribution < -0.4 is 0 Å². The summed E-state index contributed by atoms with van der Waals surface area (Å²) in [6, 6.07) is 0. The van der Waals surface area contributed by atoms with E-state index in [1.54, 1.807) is 13.2 Å². The first kappa shape index (κ1) is 5.22. The molecular weight excluding hydrogens is 100 g/mol. The topological polar surface area (TPSA) is 24.7 Å². The standard InChI is InChI=1S/C6H8N2/c1-7-6-2-4-8-5-3-6/h2,4-5H,3H2,1H3. The van der Waals surface area contributed by atoms with Crippen LogP contribution in [0.1, 0.15) is 6.42 Å². The quantitative estimate of drug-likeness (QED) is 0.443. The third-order valence-corrected chi connectivity index (χ3v) is 1.05. The molecule has 0 unspecified atom stereocenters. The summed E-state index contributed by atoms with van der Waals surface area (Å²) in [5.74, 6) is 0. The molecule has 0 N–H and O–H groups in total. The van der Waals surface area contributed by atoms with Crippen LogP contribution in [0.3, 0.4) is 0 Å². The van der Waals surface area contributed by atoms with Gasteiger partial charge in [-0.2, -0.15) is 0 Å². The number of rotatable bonds is 0. The second-order valence-electron chi connectivity index (χ2n) is 1.57. The number of hydrogen-bond donors (Lipinski definition) is 0. The van der Waals surface area contributed by atoms with E-state index in [-0.39, 0.29) is 0 Å². The van der Waals surface area contributed by atoms with Crippen molar-refractivity contribution in [3.63, 3.8) is 0 Å². The molecule has 0 saturated heterocycles. The molecule has 0 atom stereocenters. The van der Waals surface area contributed by atoms with E-state index in [4.69, 9.17) is 0 Å². The fraction of sp³-hybridized carbons (Fsp3) is 0.333. The van der Waals surface area contributed by atoms with Crippen molar-refractivity contribution < 1.29 is 0 Å². The highest BCUT2D eigenvalue weighted by atomic mass is 14.7. The Morgan fingerprint density at radius 3 is 3.00 bits per heavy atom. The predicted octanol–water partition coefficient (Wildman–Crippen LogP) is 1.05. The molecule has 2 heteroatoms. The van der Waals surface area contributed by atoms with Gasteiger partial charge in [0.25, 0.3) is 0 Å². The van der Waals surface area contributed by atoms with Gasteiger partial charge in [0.1, 0.15) is 0 Å². The number of nitrogens with zero attached hydrogens (tertiary/aromatic N) is 2. The number of aliphatic imine (C=N–C) groups is 2. The fourth-order valence-electron chi connectivity index (χ4n) is 0.570. The van der Waals surface area contributed by atoms with Gasteiger partial charge in [-0.15, -0.1) is 0 Å². The largest absolute Gasteiger partial charge is 0.293 e. The molecule has 0 aliphatic carbocycles. The van der Waals surface area contributed by atoms with Crippen molar-refractivity contribution >= 4 is 11.9 Å². The van der Waals surface area contributed by atoms with Crippen LogP contribution in [0.15, 0.2) is 22.3 Å². The van der Waals surface area contributed by atoms with E-state index in [1.807, 2.05) is 12.3 Å². The Morgan fingerprint density at radius 2 is 2.62 bits per heavy atom. The first-order valence-electron chi connectivity index (χ1n) is 2.57. The van der Waals surface area contributed by atoms with Gasteiger partial charge in [-0.25, -0.2) is 0 Å². The zero-order valence-electron chi connectivity index (χ0n) is 4.83. The Hall–Kier alpha value is -0.920. The Morgan fingerprint density at radius 1 is 1.75 bits per heavy atom. The third kappa shape index (κ3) is 1.03. The lowest BCUT2D eigenvalue weighted by Gasteiger charge is -1.95. The predicted molar refractivity (Wildman–Crippen MR) is 35.6 cm³/mol. The van der Waals surface area contributed by atoms with E-state index in [2.05, 4.69) is 9.98 Å². The first-order valence-corrected chi connectivity index (χ1v) is 2.57. The van der Waals surface area contributed by atoms with Gasteiger partial charge in [0.05, 0.1) is 0 Å². The molecular formula is C6H8N2. The molecule has 8 heavy (non-hydrogen) atoms. The number of hydrogen-bond acceptors (Lipinski definition) is 2. The SMILES string of the molecule is CN=C1C=CN=CC1. The Kier molecular flexibility index (Phi) is 1.57. The van der Waals surface area contributed by atoms with Crippen LogP contribution in [0.2, 0.25) is 0 Å². The summed E-state index contributed by atoms with van der Waals surface area (Å²) >= 11 is 0. The van der Waals surface area contributed by atoms with Crippen LogP contribution in [-0.4, -0.2) is 19.0 Å². The maximum absolute atomic E-state index is 3.99. The normalized spacial score (nSPS) is 22.4. The van der Waals surface area contributed by atoms with Gasteiger partial charge in [-0.05, 0) is 6.08 Å². The van der Waals surface area contributed by atoms with Crippen LogP contribution in [0.4, 0.5) is 0 Å². The van der Waals surface area contributed by atoms with E-state index in [0.717, 1.165) is 12.1 Å². The molecule has 0 saturated carbocycles. The second kappa shape index (κ2) is 2.40. The monoisotopic (exact) mass is 108 g/mol. The second-order valence-corrected chi connectivity index (χ2v) is 1.57. The Bertz CT molecular complexity index is 154. The van der Waals surface area contributed by atoms with Crippen molar-refractivity contribution in [2.24, 2.45) is 9.98 Å². The molecule has 1 aliphatic rings. The lowest BCUT2D eigenvalue weighted by molar-refractivity contribution is 1.37. The first-order chi connectivity index (χ1) is 3.93. The average Bonchev–Trinajstić information content (AvgIpc) is 1.90. The van der Waals surface area contributed by atoms with Crippen LogP contribution in [-0.2, 0) is 0 Å². The van der Waals surface area contributed by atoms with E-state index in [0.29, 0.717) is 0 Å². The lowest BCUT2D eigenvalue weighted by Crippen LogP contribution is -1.96. The van der Waals surface area contributed by atoms with Crippen molar-refractivity contribution in [3.8, 4) is 0 Å². The molecule has 0 aromatic rings. The molecule has 2 nitrogen and oxygen atoms in total. The van der Waals surface area contributed by atoms with Crippen molar-refractivity contribution in [3.05, 3.63) is 12.3 Å². The maximum Gasteiger partial charge on any atom is 0.0413 e. The van der Waals surface area contributed by atoms with Crippen LogP contribution in [0, 0.1) is 0 Å². The molecule has 0 radical (unpaired) electrons. The smallest absolute Gasteiger partial charge is 0.0413 e. The molecule has 0 fully saturated rings. The summed E-state index contributed by atoms with van der Waals surface area (Å²) in [6.07, 6.45) is 6.40. The van der Waals surface area contributed by atoms with E-state index in [1.165, 1.54) is 0 Å². The van der Waals surface area contributed by atoms with E-state index < -0.39 is 0 Å². The van der Waals surface area contributed by atoms with Crippen molar-refractivity contribution in [2.45, 2.75) is 6.42 Å². The highest BCUT2D eigenvalue weighted by molar-refractivity contribution is 6.04. The maximum atomic E-state index is 3.99. The molecule has 42 valence electrons. The molecule has 0 spiro atoms. The van der Waals surface area contributed by atoms with Gasteiger partial charge >= 0.3 is 0 Å². The molecule has 1 aliphatic heterocycles. The zero-order valence-corrected chi connectivity index (χ0v) is 4.83. The summed E-state index contributed by atoms with van der Waals surface area (Å²) < 4.78 is 0. The van der Waals surface area contributed by atoms with Crippen LogP contribution >= 0.6 is 0 Å². The summed E-state index contributed by atoms with van der Waals surface area (Å²) in [5, 5.41) is 0. The average molecular weight is 108 g/mol. The highest BCUT2D eigenvalue weighted by Crippen LogP contribution is 1.92. The van der Waals surface area contributed by atoms with Gasteiger partial charge in [0.15, 0.2) is 0 Å². The molecule has 0 amide bonds. The van der Waals surface area contributed by atoms with Crippen molar-refractivity contribution in [1.82, 2.24) is 0 Å². The summed E-state index contributed by atoms with van der Waals surface area (Å²) in [6.45, 7) is 0. The van der Waals surface area contributed by atoms with Gasteiger partial charge in [0, 0.05) is 31.6 Å². The summed E-state index contributed by atoms with van der Waals surface area (Å²) in [4.78, 5) is 7.88. The van der Waals surface area contributed by atoms with E-state index >= 15 is 0 Å². The number of allylic oxidation sites excluding steroid dienone is 1. The highest BCUT2D eigenvalue weighted by Gasteiger charge is 1.91. The fourth-order valence-corrected chi connectivity index (χ4v) is 0.570. The molecule has 1 heterocycles. The molecule has 0 bridgehead atoms. The van der Waals surface area contributed by atoms with Gasteiger partial charge in [-0.3, -0.25) is 9.98 Å². The minimum atomic E-state index is 0.882. The zero-order chi connectivity index (χ0) is 5.82. The Balaban J connectivity index is 2.66. The molecule has 0 aromatic heterocycles. The third-order valence-electron chi connectivity index (χ3n) is 1.05.